The van der Waals surface area contributed by atoms with Crippen LogP contribution in [0.25, 0.3) is 0 Å². The van der Waals surface area contributed by atoms with Gasteiger partial charge in [0.25, 0.3) is 0 Å². The lowest BCUT2D eigenvalue weighted by atomic mass is 9.70. The number of rotatable bonds is 6. The Morgan fingerprint density at radius 2 is 2.26 bits per heavy atom. The minimum absolute atomic E-state index is 0.161. The number of methoxy groups -OCH3 is 1. The minimum atomic E-state index is -0.247. The average Bonchev–Trinajstić information content (AvgIpc) is 2.37. The predicted octanol–water partition coefficient (Wildman–Crippen LogP) is 2.66. The van der Waals surface area contributed by atoms with Gasteiger partial charge in [-0.1, -0.05) is 6.42 Å². The van der Waals surface area contributed by atoms with Crippen LogP contribution >= 0.6 is 0 Å². The fraction of sp³-hybridized carbons (Fsp3) is 0.533. The van der Waals surface area contributed by atoms with Gasteiger partial charge in [0.1, 0.15) is 11.6 Å². The van der Waals surface area contributed by atoms with Crippen LogP contribution < -0.4 is 10.1 Å². The predicted molar refractivity (Wildman–Crippen MR) is 71.4 cm³/mol. The molecule has 2 rings (SSSR count). The molecule has 0 amide bonds. The van der Waals surface area contributed by atoms with E-state index in [1.54, 1.807) is 13.2 Å². The van der Waals surface area contributed by atoms with E-state index in [-0.39, 0.29) is 11.2 Å². The van der Waals surface area contributed by atoms with Gasteiger partial charge in [-0.3, -0.25) is 0 Å². The van der Waals surface area contributed by atoms with Gasteiger partial charge in [-0.2, -0.15) is 5.26 Å². The molecule has 0 radical (unpaired) electrons. The second-order valence-corrected chi connectivity index (χ2v) is 5.13. The summed E-state index contributed by atoms with van der Waals surface area (Å²) in [6.07, 6.45) is 3.81. The van der Waals surface area contributed by atoms with Gasteiger partial charge in [0.05, 0.1) is 18.6 Å². The van der Waals surface area contributed by atoms with Crippen LogP contribution in [0.5, 0.6) is 5.75 Å². The normalized spacial score (nSPS) is 16.5. The van der Waals surface area contributed by atoms with Crippen molar-refractivity contribution in [3.8, 4) is 11.8 Å². The summed E-state index contributed by atoms with van der Waals surface area (Å²) in [4.78, 5) is 0. The lowest BCUT2D eigenvalue weighted by Crippen LogP contribution is -2.39. The zero-order valence-electron chi connectivity index (χ0n) is 11.2. The van der Waals surface area contributed by atoms with Gasteiger partial charge in [-0.25, -0.2) is 4.39 Å². The Bertz CT molecular complexity index is 478. The second kappa shape index (κ2) is 6.03. The van der Waals surface area contributed by atoms with E-state index in [0.717, 1.165) is 37.9 Å². The number of hydrogen-bond donors (Lipinski definition) is 1. The highest BCUT2D eigenvalue weighted by Crippen LogP contribution is 2.39. The molecular weight excluding hydrogens is 243 g/mol. The molecule has 1 aromatic rings. The van der Waals surface area contributed by atoms with Gasteiger partial charge >= 0.3 is 0 Å². The zero-order chi connectivity index (χ0) is 13.7. The average molecular weight is 262 g/mol. The van der Waals surface area contributed by atoms with Crippen LogP contribution in [0.15, 0.2) is 18.2 Å². The van der Waals surface area contributed by atoms with Crippen molar-refractivity contribution < 1.29 is 9.13 Å². The maximum Gasteiger partial charge on any atom is 0.123 e. The van der Waals surface area contributed by atoms with Crippen LogP contribution in [0.2, 0.25) is 0 Å². The van der Waals surface area contributed by atoms with Crippen LogP contribution in [0, 0.1) is 22.6 Å². The van der Waals surface area contributed by atoms with E-state index in [2.05, 4.69) is 11.4 Å². The molecule has 0 aliphatic heterocycles. The number of nitrogens with zero attached hydrogens (tertiary/aromatic N) is 1. The maximum atomic E-state index is 13.2. The SMILES string of the molecule is COc1ccc(F)cc1CCNCC1(C#N)CCC1. The summed E-state index contributed by atoms with van der Waals surface area (Å²) in [7, 11) is 1.59. The van der Waals surface area contributed by atoms with Crippen LogP contribution in [-0.2, 0) is 6.42 Å². The first-order valence-corrected chi connectivity index (χ1v) is 6.63. The first-order chi connectivity index (χ1) is 9.19. The molecule has 102 valence electrons. The third-order valence-corrected chi connectivity index (χ3v) is 3.82. The van der Waals surface area contributed by atoms with Gasteiger partial charge in [0, 0.05) is 6.54 Å². The van der Waals surface area contributed by atoms with E-state index in [9.17, 15) is 4.39 Å². The Hall–Kier alpha value is -1.60. The van der Waals surface area contributed by atoms with E-state index >= 15 is 0 Å². The minimum Gasteiger partial charge on any atom is -0.496 e. The van der Waals surface area contributed by atoms with Crippen molar-refractivity contribution in [1.29, 1.82) is 5.26 Å². The summed E-state index contributed by atoms with van der Waals surface area (Å²) < 4.78 is 18.4. The van der Waals surface area contributed by atoms with Crippen molar-refractivity contribution in [2.75, 3.05) is 20.2 Å². The Balaban J connectivity index is 1.83. The molecule has 1 aromatic carbocycles. The fourth-order valence-corrected chi connectivity index (χ4v) is 2.42. The summed E-state index contributed by atoms with van der Waals surface area (Å²) in [5, 5.41) is 12.4. The second-order valence-electron chi connectivity index (χ2n) is 5.13. The van der Waals surface area contributed by atoms with E-state index in [1.807, 2.05) is 0 Å². The lowest BCUT2D eigenvalue weighted by Gasteiger charge is -2.35. The van der Waals surface area contributed by atoms with Gasteiger partial charge in [-0.15, -0.1) is 0 Å². The standard InChI is InChI=1S/C15H19FN2O/c1-19-14-4-3-13(16)9-12(14)5-8-18-11-15(10-17)6-2-7-15/h3-4,9,18H,2,5-8,11H2,1H3. The van der Waals surface area contributed by atoms with E-state index in [0.29, 0.717) is 12.2 Å². The molecule has 0 heterocycles. The molecule has 0 saturated heterocycles. The number of nitriles is 1. The van der Waals surface area contributed by atoms with Crippen molar-refractivity contribution in [3.05, 3.63) is 29.6 Å². The first kappa shape index (κ1) is 13.8. The van der Waals surface area contributed by atoms with E-state index < -0.39 is 0 Å². The van der Waals surface area contributed by atoms with Crippen molar-refractivity contribution in [1.82, 2.24) is 5.32 Å². The molecule has 4 heteroatoms. The molecule has 0 bridgehead atoms. The Morgan fingerprint density at radius 3 is 2.84 bits per heavy atom. The summed E-state index contributed by atoms with van der Waals surface area (Å²) in [6, 6.07) is 6.95. The third kappa shape index (κ3) is 3.24. The van der Waals surface area contributed by atoms with Crippen molar-refractivity contribution in [2.24, 2.45) is 5.41 Å². The smallest absolute Gasteiger partial charge is 0.123 e. The van der Waals surface area contributed by atoms with Crippen LogP contribution in [0.1, 0.15) is 24.8 Å². The number of hydrogen-bond acceptors (Lipinski definition) is 3. The highest BCUT2D eigenvalue weighted by Gasteiger charge is 2.36. The molecule has 0 unspecified atom stereocenters. The van der Waals surface area contributed by atoms with Crippen LogP contribution in [-0.4, -0.2) is 20.2 Å². The molecule has 1 fully saturated rings. The van der Waals surface area contributed by atoms with Gasteiger partial charge < -0.3 is 10.1 Å². The summed E-state index contributed by atoms with van der Waals surface area (Å²) in [5.41, 5.74) is 0.695. The molecule has 0 aromatic heterocycles. The highest BCUT2D eigenvalue weighted by molar-refractivity contribution is 5.34. The Labute approximate surface area is 113 Å². The summed E-state index contributed by atoms with van der Waals surface area (Å²) in [6.45, 7) is 1.45. The number of halogens is 1. The monoisotopic (exact) mass is 262 g/mol. The largest absolute Gasteiger partial charge is 0.496 e. The van der Waals surface area contributed by atoms with Crippen molar-refractivity contribution in [2.45, 2.75) is 25.7 Å². The first-order valence-electron chi connectivity index (χ1n) is 6.63. The van der Waals surface area contributed by atoms with Crippen molar-refractivity contribution in [3.63, 3.8) is 0 Å². The Morgan fingerprint density at radius 1 is 1.47 bits per heavy atom. The zero-order valence-corrected chi connectivity index (χ0v) is 11.2. The molecule has 1 N–H and O–H groups in total. The fourth-order valence-electron chi connectivity index (χ4n) is 2.42. The number of nitrogens with one attached hydrogen (secondary N) is 1. The van der Waals surface area contributed by atoms with Gasteiger partial charge in [0.2, 0.25) is 0 Å². The molecule has 0 atom stereocenters. The van der Waals surface area contributed by atoms with Crippen LogP contribution in [0.4, 0.5) is 4.39 Å². The Kier molecular flexibility index (Phi) is 4.39. The van der Waals surface area contributed by atoms with Crippen molar-refractivity contribution >= 4 is 0 Å². The quantitative estimate of drug-likeness (QED) is 0.802. The number of benzene rings is 1. The molecule has 19 heavy (non-hydrogen) atoms. The van der Waals surface area contributed by atoms with E-state index in [4.69, 9.17) is 10.00 Å². The van der Waals surface area contributed by atoms with E-state index in [1.165, 1.54) is 12.1 Å². The molecule has 1 saturated carbocycles. The molecular formula is C15H19FN2O. The molecule has 1 aliphatic rings. The summed E-state index contributed by atoms with van der Waals surface area (Å²) in [5.74, 6) is 0.463. The topological polar surface area (TPSA) is 45.0 Å². The third-order valence-electron chi connectivity index (χ3n) is 3.82. The lowest BCUT2D eigenvalue weighted by molar-refractivity contribution is 0.208. The summed E-state index contributed by atoms with van der Waals surface area (Å²) >= 11 is 0. The highest BCUT2D eigenvalue weighted by atomic mass is 19.1. The molecule has 0 spiro atoms. The molecule has 3 nitrogen and oxygen atoms in total. The molecule has 1 aliphatic carbocycles. The van der Waals surface area contributed by atoms with Gasteiger partial charge in [-0.05, 0) is 49.6 Å². The maximum absolute atomic E-state index is 13.2. The van der Waals surface area contributed by atoms with Gasteiger partial charge in [0.15, 0.2) is 0 Å². The van der Waals surface area contributed by atoms with Crippen LogP contribution in [0.3, 0.4) is 0 Å². The number of ether oxygens (including phenoxy) is 1.